The van der Waals surface area contributed by atoms with Crippen LogP contribution < -0.4 is 5.43 Å². The summed E-state index contributed by atoms with van der Waals surface area (Å²) >= 11 is 0. The Balaban J connectivity index is 0.000000271. The predicted octanol–water partition coefficient (Wildman–Crippen LogP) is 4.66. The molecular formula is C27H23N3O4. The number of benzene rings is 3. The van der Waals surface area contributed by atoms with Crippen LogP contribution >= 0.6 is 0 Å². The molecule has 4 aromatic rings. The highest BCUT2D eigenvalue weighted by atomic mass is 16.4. The molecule has 0 unspecified atom stereocenters. The van der Waals surface area contributed by atoms with E-state index in [0.717, 1.165) is 16.8 Å². The van der Waals surface area contributed by atoms with E-state index < -0.39 is 5.97 Å². The van der Waals surface area contributed by atoms with E-state index in [-0.39, 0.29) is 17.2 Å². The van der Waals surface area contributed by atoms with Crippen molar-refractivity contribution in [3.8, 4) is 5.75 Å². The number of hydrazone groups is 1. The monoisotopic (exact) mass is 453 g/mol. The zero-order chi connectivity index (χ0) is 24.3. The minimum absolute atomic E-state index is 0.0671. The van der Waals surface area contributed by atoms with Crippen molar-refractivity contribution < 1.29 is 19.8 Å². The fraction of sp³-hybridized carbons (Fsp3) is 0.0370. The third-order valence-corrected chi connectivity index (χ3v) is 4.72. The lowest BCUT2D eigenvalue weighted by atomic mass is 10.0. The minimum atomic E-state index is -1.11. The Bertz CT molecular complexity index is 1270. The molecule has 0 aliphatic heterocycles. The van der Waals surface area contributed by atoms with Crippen LogP contribution in [0.1, 0.15) is 37.4 Å². The molecule has 0 saturated carbocycles. The lowest BCUT2D eigenvalue weighted by Gasteiger charge is -2.08. The zero-order valence-corrected chi connectivity index (χ0v) is 18.4. The smallest absolute Gasteiger partial charge is 0.339 e. The van der Waals surface area contributed by atoms with Crippen LogP contribution in [-0.4, -0.2) is 32.8 Å². The molecule has 0 atom stereocenters. The van der Waals surface area contributed by atoms with Gasteiger partial charge in [-0.25, -0.2) is 10.2 Å². The van der Waals surface area contributed by atoms with E-state index in [1.807, 2.05) is 61.5 Å². The third kappa shape index (κ3) is 6.61. The first kappa shape index (κ1) is 23.9. The number of aromatic hydroxyl groups is 1. The summed E-state index contributed by atoms with van der Waals surface area (Å²) in [6.07, 6.45) is 3.16. The Morgan fingerprint density at radius 3 is 1.94 bits per heavy atom. The van der Waals surface area contributed by atoms with Gasteiger partial charge in [-0.3, -0.25) is 9.78 Å². The molecule has 1 aromatic heterocycles. The second kappa shape index (κ2) is 11.7. The van der Waals surface area contributed by atoms with Crippen molar-refractivity contribution >= 4 is 17.6 Å². The topological polar surface area (TPSA) is 112 Å². The SMILES string of the molecule is Cc1ccc(/C(=N/NC(=O)c2ccncc2)c2ccccc2)cc1.O=C(O)c1ccccc1O. The number of hydrogen-bond donors (Lipinski definition) is 3. The van der Waals surface area contributed by atoms with Crippen LogP contribution in [0, 0.1) is 6.92 Å². The number of carbonyl (C=O) groups excluding carboxylic acids is 1. The third-order valence-electron chi connectivity index (χ3n) is 4.72. The summed E-state index contributed by atoms with van der Waals surface area (Å²) in [6.45, 7) is 2.04. The van der Waals surface area contributed by atoms with E-state index in [4.69, 9.17) is 10.2 Å². The molecule has 7 heteroatoms. The number of phenols is 1. The molecule has 1 amide bonds. The molecule has 0 bridgehead atoms. The number of carbonyl (C=O) groups is 2. The molecular weight excluding hydrogens is 430 g/mol. The number of carboxylic acids is 1. The number of pyridine rings is 1. The Hall–Kier alpha value is -4.78. The lowest BCUT2D eigenvalue weighted by Crippen LogP contribution is -2.20. The number of aromatic carboxylic acids is 1. The van der Waals surface area contributed by atoms with Gasteiger partial charge in [0.25, 0.3) is 5.91 Å². The average Bonchev–Trinajstić information content (AvgIpc) is 2.87. The molecule has 34 heavy (non-hydrogen) atoms. The predicted molar refractivity (Wildman–Crippen MR) is 130 cm³/mol. The van der Waals surface area contributed by atoms with Crippen LogP contribution in [0.3, 0.4) is 0 Å². The van der Waals surface area contributed by atoms with Gasteiger partial charge in [0.15, 0.2) is 0 Å². The Labute approximate surface area is 197 Å². The molecule has 170 valence electrons. The van der Waals surface area contributed by atoms with E-state index in [2.05, 4.69) is 15.5 Å². The molecule has 4 rings (SSSR count). The van der Waals surface area contributed by atoms with Gasteiger partial charge in [-0.15, -0.1) is 0 Å². The number of carboxylic acid groups (broad SMARTS) is 1. The summed E-state index contributed by atoms with van der Waals surface area (Å²) in [5.41, 5.74) is 6.86. The standard InChI is InChI=1S/C20H17N3O.C7H6O3/c1-15-7-9-17(10-8-15)19(16-5-3-2-4-6-16)22-23-20(24)18-11-13-21-14-12-18;8-6-4-2-1-3-5(6)7(9)10/h2-14H,1H3,(H,23,24);1-4,8H,(H,9,10)/b22-19+;. The fourth-order valence-electron chi connectivity index (χ4n) is 2.93. The number of para-hydroxylation sites is 1. The molecule has 1 heterocycles. The number of hydrogen-bond acceptors (Lipinski definition) is 5. The number of rotatable bonds is 5. The van der Waals surface area contributed by atoms with Gasteiger partial charge in [0.05, 0.1) is 5.71 Å². The summed E-state index contributed by atoms with van der Waals surface area (Å²) in [6, 6.07) is 27.0. The van der Waals surface area contributed by atoms with Gasteiger partial charge in [0.2, 0.25) is 0 Å². The highest BCUT2D eigenvalue weighted by Gasteiger charge is 2.09. The van der Waals surface area contributed by atoms with Crippen LogP contribution in [0.5, 0.6) is 5.75 Å². The Kier molecular flexibility index (Phi) is 8.24. The van der Waals surface area contributed by atoms with E-state index in [9.17, 15) is 9.59 Å². The molecule has 0 spiro atoms. The average molecular weight is 453 g/mol. The maximum Gasteiger partial charge on any atom is 0.339 e. The molecule has 7 nitrogen and oxygen atoms in total. The number of nitrogens with zero attached hydrogens (tertiary/aromatic N) is 2. The number of aryl methyl sites for hydroxylation is 1. The molecule has 0 saturated heterocycles. The number of nitrogens with one attached hydrogen (secondary N) is 1. The minimum Gasteiger partial charge on any atom is -0.507 e. The van der Waals surface area contributed by atoms with Crippen LogP contribution in [0.15, 0.2) is 108 Å². The van der Waals surface area contributed by atoms with E-state index in [1.165, 1.54) is 17.7 Å². The van der Waals surface area contributed by atoms with E-state index in [0.29, 0.717) is 5.56 Å². The van der Waals surface area contributed by atoms with Crippen molar-refractivity contribution in [2.24, 2.45) is 5.10 Å². The van der Waals surface area contributed by atoms with Crippen LogP contribution in [-0.2, 0) is 0 Å². The van der Waals surface area contributed by atoms with Gasteiger partial charge in [-0.2, -0.15) is 5.10 Å². The second-order valence-electron chi connectivity index (χ2n) is 7.19. The molecule has 0 fully saturated rings. The maximum absolute atomic E-state index is 12.2. The Morgan fingerprint density at radius 1 is 0.765 bits per heavy atom. The summed E-state index contributed by atoms with van der Waals surface area (Å²) in [5, 5.41) is 21.7. The first-order chi connectivity index (χ1) is 16.5. The van der Waals surface area contributed by atoms with Gasteiger partial charge in [-0.05, 0) is 31.2 Å². The van der Waals surface area contributed by atoms with Gasteiger partial charge in [0, 0.05) is 29.1 Å². The summed E-state index contributed by atoms with van der Waals surface area (Å²) in [5.74, 6) is -1.58. The largest absolute Gasteiger partial charge is 0.507 e. The molecule has 0 radical (unpaired) electrons. The summed E-state index contributed by atoms with van der Waals surface area (Å²) in [7, 11) is 0. The fourth-order valence-corrected chi connectivity index (χ4v) is 2.93. The quantitative estimate of drug-likeness (QED) is 0.300. The second-order valence-corrected chi connectivity index (χ2v) is 7.19. The Morgan fingerprint density at radius 2 is 1.35 bits per heavy atom. The number of aromatic nitrogens is 1. The molecule has 3 N–H and O–H groups in total. The van der Waals surface area contributed by atoms with Crippen LogP contribution in [0.4, 0.5) is 0 Å². The highest BCUT2D eigenvalue weighted by molar-refractivity contribution is 6.13. The summed E-state index contributed by atoms with van der Waals surface area (Å²) in [4.78, 5) is 26.4. The van der Waals surface area contributed by atoms with Crippen LogP contribution in [0.25, 0.3) is 0 Å². The van der Waals surface area contributed by atoms with Crippen molar-refractivity contribution in [3.63, 3.8) is 0 Å². The van der Waals surface area contributed by atoms with Crippen LogP contribution in [0.2, 0.25) is 0 Å². The van der Waals surface area contributed by atoms with Gasteiger partial charge < -0.3 is 10.2 Å². The van der Waals surface area contributed by atoms with Crippen molar-refractivity contribution in [1.29, 1.82) is 0 Å². The van der Waals surface area contributed by atoms with Crippen molar-refractivity contribution in [3.05, 3.63) is 131 Å². The van der Waals surface area contributed by atoms with Gasteiger partial charge >= 0.3 is 5.97 Å². The summed E-state index contributed by atoms with van der Waals surface area (Å²) < 4.78 is 0. The lowest BCUT2D eigenvalue weighted by molar-refractivity contribution is 0.0693. The van der Waals surface area contributed by atoms with Crippen molar-refractivity contribution in [2.75, 3.05) is 0 Å². The normalized spacial score (nSPS) is 10.6. The van der Waals surface area contributed by atoms with Crippen molar-refractivity contribution in [2.45, 2.75) is 6.92 Å². The van der Waals surface area contributed by atoms with Crippen molar-refractivity contribution in [1.82, 2.24) is 10.4 Å². The molecule has 3 aromatic carbocycles. The molecule has 0 aliphatic rings. The first-order valence-corrected chi connectivity index (χ1v) is 10.4. The van der Waals surface area contributed by atoms with Gasteiger partial charge in [-0.1, -0.05) is 72.3 Å². The van der Waals surface area contributed by atoms with E-state index in [1.54, 1.807) is 36.7 Å². The molecule has 0 aliphatic carbocycles. The van der Waals surface area contributed by atoms with Gasteiger partial charge in [0.1, 0.15) is 11.3 Å². The maximum atomic E-state index is 12.2. The first-order valence-electron chi connectivity index (χ1n) is 10.4. The van der Waals surface area contributed by atoms with E-state index >= 15 is 0 Å². The highest BCUT2D eigenvalue weighted by Crippen LogP contribution is 2.14. The number of amides is 1. The zero-order valence-electron chi connectivity index (χ0n) is 18.4.